The van der Waals surface area contributed by atoms with E-state index in [1.165, 1.54) is 39.3 Å². The van der Waals surface area contributed by atoms with Gasteiger partial charge in [-0.1, -0.05) is 0 Å². The van der Waals surface area contributed by atoms with Gasteiger partial charge in [-0.25, -0.2) is 0 Å². The van der Waals surface area contributed by atoms with Crippen molar-refractivity contribution in [2.24, 2.45) is 0 Å². The smallest absolute Gasteiger partial charge is 0.102 e. The Kier molecular flexibility index (Phi) is 20.5. The summed E-state index contributed by atoms with van der Waals surface area (Å²) >= 11 is 0. The number of quaternary nitrogens is 2. The summed E-state index contributed by atoms with van der Waals surface area (Å²) in [6, 6.07) is 0. The fourth-order valence-electron chi connectivity index (χ4n) is 3.13. The maximum Gasteiger partial charge on any atom is 0.102 e. The Balaban J connectivity index is -0.00000220. The van der Waals surface area contributed by atoms with E-state index >= 15 is 0 Å². The van der Waals surface area contributed by atoms with Crippen molar-refractivity contribution in [2.45, 2.75) is 41.5 Å². The average molecular weight is 389 g/mol. The summed E-state index contributed by atoms with van der Waals surface area (Å²) in [5, 5.41) is 0. The lowest BCUT2D eigenvalue weighted by Gasteiger charge is -2.35. The first kappa shape index (κ1) is 29.2. The van der Waals surface area contributed by atoms with Crippen molar-refractivity contribution >= 4 is 0 Å². The Bertz CT molecular complexity index is 219. The molecule has 0 rings (SSSR count). The molecule has 0 aliphatic carbocycles. The molecule has 4 nitrogen and oxygen atoms in total. The monoisotopic (exact) mass is 388 g/mol. The highest BCUT2D eigenvalue weighted by atomic mass is 35.5. The Morgan fingerprint density at radius 2 is 0.708 bits per heavy atom. The number of nitrogens with zero attached hydrogens (tertiary/aromatic N) is 2. The summed E-state index contributed by atoms with van der Waals surface area (Å²) in [7, 11) is 0. The number of rotatable bonds is 15. The fourth-order valence-corrected chi connectivity index (χ4v) is 3.13. The fraction of sp³-hybridized carbons (Fsp3) is 1.00. The number of hydrogen-bond acceptors (Lipinski definition) is 2. The van der Waals surface area contributed by atoms with Crippen LogP contribution in [0.25, 0.3) is 0 Å². The molecular weight excluding hydrogens is 347 g/mol. The molecule has 0 unspecified atom stereocenters. The number of ether oxygens (including phenoxy) is 2. The summed E-state index contributed by atoms with van der Waals surface area (Å²) in [5.41, 5.74) is 0. The molecule has 6 heteroatoms. The summed E-state index contributed by atoms with van der Waals surface area (Å²) in [6.07, 6.45) is 0. The quantitative estimate of drug-likeness (QED) is 0.217. The second kappa shape index (κ2) is 16.9. The van der Waals surface area contributed by atoms with E-state index < -0.39 is 0 Å². The van der Waals surface area contributed by atoms with Gasteiger partial charge in [0.2, 0.25) is 0 Å². The second-order valence-corrected chi connectivity index (χ2v) is 6.25. The van der Waals surface area contributed by atoms with Gasteiger partial charge in [-0.3, -0.25) is 0 Å². The van der Waals surface area contributed by atoms with Gasteiger partial charge in [-0.05, 0) is 41.5 Å². The third-order valence-electron chi connectivity index (χ3n) is 5.82. The highest BCUT2D eigenvalue weighted by Gasteiger charge is 2.20. The molecule has 0 aliphatic rings. The van der Waals surface area contributed by atoms with E-state index in [2.05, 4.69) is 41.5 Å². The normalized spacial score (nSPS) is 11.8. The molecule has 0 aliphatic heterocycles. The standard InChI is InChI=1S/C18H42N2O2.2ClH/c1-7-19(8-2,9-3)13-15-21-17-18-22-16-14-20(10-4,11-5)12-6;;/h7-18H2,1-6H3;2*1H/q+2;;/p-2. The van der Waals surface area contributed by atoms with Crippen LogP contribution < -0.4 is 24.8 Å². The van der Waals surface area contributed by atoms with E-state index in [0.29, 0.717) is 0 Å². The Hall–Kier alpha value is 0.420. The molecular formula is C18H42Cl2N2O2. The van der Waals surface area contributed by atoms with Gasteiger partial charge in [-0.2, -0.15) is 0 Å². The van der Waals surface area contributed by atoms with Gasteiger partial charge in [-0.15, -0.1) is 0 Å². The zero-order chi connectivity index (χ0) is 16.9. The van der Waals surface area contributed by atoms with Crippen LogP contribution in [0.1, 0.15) is 41.5 Å². The number of halogens is 2. The van der Waals surface area contributed by atoms with E-state index in [9.17, 15) is 0 Å². The lowest BCUT2D eigenvalue weighted by Crippen LogP contribution is -3.00. The molecule has 0 fully saturated rings. The largest absolute Gasteiger partial charge is 1.00 e. The predicted molar refractivity (Wildman–Crippen MR) is 95.1 cm³/mol. The van der Waals surface area contributed by atoms with E-state index in [1.54, 1.807) is 0 Å². The molecule has 0 bridgehead atoms. The van der Waals surface area contributed by atoms with Gasteiger partial charge in [0.25, 0.3) is 0 Å². The minimum absolute atomic E-state index is 0. The van der Waals surface area contributed by atoms with Crippen molar-refractivity contribution in [1.82, 2.24) is 0 Å². The maximum atomic E-state index is 5.76. The molecule has 0 saturated carbocycles. The molecule has 0 aromatic heterocycles. The number of likely N-dealkylation sites (N-methyl/N-ethyl adjacent to an activating group) is 2. The average Bonchev–Trinajstić information content (AvgIpc) is 2.58. The lowest BCUT2D eigenvalue weighted by atomic mass is 10.3. The van der Waals surface area contributed by atoms with E-state index in [4.69, 9.17) is 9.47 Å². The van der Waals surface area contributed by atoms with Crippen LogP contribution in [0, 0.1) is 0 Å². The van der Waals surface area contributed by atoms with Crippen molar-refractivity contribution < 1.29 is 43.3 Å². The van der Waals surface area contributed by atoms with Gasteiger partial charge in [0.15, 0.2) is 0 Å². The maximum absolute atomic E-state index is 5.76. The third-order valence-corrected chi connectivity index (χ3v) is 5.82. The van der Waals surface area contributed by atoms with Crippen molar-refractivity contribution in [3.05, 3.63) is 0 Å². The Morgan fingerprint density at radius 3 is 0.917 bits per heavy atom. The SMILES string of the molecule is CC[N+](CC)(CC)CCOCCOCC[N+](CC)(CC)CC.[Cl-].[Cl-]. The van der Waals surface area contributed by atoms with Crippen molar-refractivity contribution in [3.63, 3.8) is 0 Å². The lowest BCUT2D eigenvalue weighted by molar-refractivity contribution is -0.923. The molecule has 24 heavy (non-hydrogen) atoms. The Morgan fingerprint density at radius 1 is 0.458 bits per heavy atom. The van der Waals surface area contributed by atoms with Crippen LogP contribution in [0.5, 0.6) is 0 Å². The van der Waals surface area contributed by atoms with Crippen LogP contribution >= 0.6 is 0 Å². The highest BCUT2D eigenvalue weighted by molar-refractivity contribution is 4.41. The first-order valence-corrected chi connectivity index (χ1v) is 9.43. The number of hydrogen-bond donors (Lipinski definition) is 0. The molecule has 0 radical (unpaired) electrons. The Labute approximate surface area is 163 Å². The topological polar surface area (TPSA) is 18.5 Å². The summed E-state index contributed by atoms with van der Waals surface area (Å²) < 4.78 is 13.8. The molecule has 0 spiro atoms. The minimum atomic E-state index is 0. The zero-order valence-electron chi connectivity index (χ0n) is 17.0. The third kappa shape index (κ3) is 10.4. The highest BCUT2D eigenvalue weighted by Crippen LogP contribution is 2.06. The molecule has 0 atom stereocenters. The summed E-state index contributed by atoms with van der Waals surface area (Å²) in [6.45, 7) is 26.2. The van der Waals surface area contributed by atoms with Crippen molar-refractivity contribution in [2.75, 3.05) is 78.8 Å². The molecule has 0 aromatic rings. The van der Waals surface area contributed by atoms with E-state index in [1.807, 2.05) is 0 Å². The summed E-state index contributed by atoms with van der Waals surface area (Å²) in [4.78, 5) is 0. The zero-order valence-corrected chi connectivity index (χ0v) is 18.5. The van der Waals surface area contributed by atoms with E-state index in [-0.39, 0.29) is 24.8 Å². The molecule has 0 N–H and O–H groups in total. The van der Waals surface area contributed by atoms with Gasteiger partial charge in [0, 0.05) is 0 Å². The molecule has 0 heterocycles. The van der Waals surface area contributed by atoms with Gasteiger partial charge in [0.05, 0.1) is 65.7 Å². The molecule has 0 aromatic carbocycles. The van der Waals surface area contributed by atoms with Crippen LogP contribution in [0.4, 0.5) is 0 Å². The van der Waals surface area contributed by atoms with Crippen LogP contribution in [-0.4, -0.2) is 87.8 Å². The van der Waals surface area contributed by atoms with Crippen molar-refractivity contribution in [1.29, 1.82) is 0 Å². The van der Waals surface area contributed by atoms with Gasteiger partial charge in [0.1, 0.15) is 13.1 Å². The van der Waals surface area contributed by atoms with Crippen LogP contribution in [0.2, 0.25) is 0 Å². The van der Waals surface area contributed by atoms with Crippen molar-refractivity contribution in [3.8, 4) is 0 Å². The molecule has 0 saturated heterocycles. The van der Waals surface area contributed by atoms with Crippen LogP contribution in [-0.2, 0) is 9.47 Å². The van der Waals surface area contributed by atoms with E-state index in [0.717, 1.165) is 48.5 Å². The molecule has 0 amide bonds. The van der Waals surface area contributed by atoms with Crippen LogP contribution in [0.3, 0.4) is 0 Å². The predicted octanol–water partition coefficient (Wildman–Crippen LogP) is -3.22. The molecule has 150 valence electrons. The summed E-state index contributed by atoms with van der Waals surface area (Å²) in [5.74, 6) is 0. The van der Waals surface area contributed by atoms with Gasteiger partial charge < -0.3 is 43.3 Å². The van der Waals surface area contributed by atoms with Gasteiger partial charge >= 0.3 is 0 Å². The van der Waals surface area contributed by atoms with Crippen LogP contribution in [0.15, 0.2) is 0 Å². The first-order valence-electron chi connectivity index (χ1n) is 9.43. The minimum Gasteiger partial charge on any atom is -1.00 e. The second-order valence-electron chi connectivity index (χ2n) is 6.25. The first-order chi connectivity index (χ1) is 10.6.